The van der Waals surface area contributed by atoms with Gasteiger partial charge in [0.25, 0.3) is 5.91 Å². The number of piperidine rings is 1. The van der Waals surface area contributed by atoms with Gasteiger partial charge in [0.1, 0.15) is 6.04 Å². The van der Waals surface area contributed by atoms with Gasteiger partial charge < -0.3 is 10.0 Å². The van der Waals surface area contributed by atoms with E-state index in [0.717, 1.165) is 13.0 Å². The lowest BCUT2D eigenvalue weighted by molar-refractivity contribution is -0.144. The van der Waals surface area contributed by atoms with E-state index in [4.69, 9.17) is 0 Å². The van der Waals surface area contributed by atoms with Gasteiger partial charge in [-0.15, -0.1) is 0 Å². The van der Waals surface area contributed by atoms with E-state index in [9.17, 15) is 14.7 Å². The van der Waals surface area contributed by atoms with Gasteiger partial charge in [-0.25, -0.2) is 4.79 Å². The second-order valence-electron chi connectivity index (χ2n) is 6.44. The summed E-state index contributed by atoms with van der Waals surface area (Å²) in [5.41, 5.74) is 1.78. The van der Waals surface area contributed by atoms with Crippen LogP contribution in [0.1, 0.15) is 28.8 Å². The van der Waals surface area contributed by atoms with Crippen LogP contribution in [-0.2, 0) is 11.3 Å². The maximum absolute atomic E-state index is 12.6. The number of carbonyl (C=O) groups is 2. The number of thiophene rings is 1. The fourth-order valence-corrected chi connectivity index (χ4v) is 4.01. The van der Waals surface area contributed by atoms with Crippen LogP contribution in [0.3, 0.4) is 0 Å². The number of benzene rings is 1. The molecule has 2 aromatic rings. The molecule has 1 aliphatic heterocycles. The average molecular weight is 358 g/mol. The number of nitrogens with zero attached hydrogens (tertiary/aromatic N) is 2. The molecule has 0 aliphatic carbocycles. The van der Waals surface area contributed by atoms with Crippen LogP contribution in [0.4, 0.5) is 0 Å². The maximum Gasteiger partial charge on any atom is 0.326 e. The van der Waals surface area contributed by atoms with Crippen molar-refractivity contribution in [1.29, 1.82) is 0 Å². The van der Waals surface area contributed by atoms with Crippen molar-refractivity contribution in [2.45, 2.75) is 31.5 Å². The molecule has 1 amide bonds. The minimum Gasteiger partial charge on any atom is -0.480 e. The van der Waals surface area contributed by atoms with Crippen molar-refractivity contribution >= 4 is 23.2 Å². The summed E-state index contributed by atoms with van der Waals surface area (Å²) in [6.45, 7) is 1.24. The molecule has 2 unspecified atom stereocenters. The predicted molar refractivity (Wildman–Crippen MR) is 97.7 cm³/mol. The highest BCUT2D eigenvalue weighted by molar-refractivity contribution is 7.08. The van der Waals surface area contributed by atoms with E-state index in [0.29, 0.717) is 18.5 Å². The summed E-state index contributed by atoms with van der Waals surface area (Å²) in [4.78, 5) is 28.1. The molecule has 25 heavy (non-hydrogen) atoms. The number of hydrogen-bond donors (Lipinski definition) is 1. The summed E-state index contributed by atoms with van der Waals surface area (Å²) in [7, 11) is 2.02. The molecule has 1 fully saturated rings. The SMILES string of the molecule is CN(Cc1ccccc1)C1CCN(C(=O)c2ccsc2)C(C(=O)O)C1. The fraction of sp³-hybridized carbons (Fsp3) is 0.368. The number of carboxylic acids is 1. The first-order valence-corrected chi connectivity index (χ1v) is 9.30. The van der Waals surface area contributed by atoms with Crippen LogP contribution in [0.5, 0.6) is 0 Å². The van der Waals surface area contributed by atoms with E-state index in [-0.39, 0.29) is 11.9 Å². The minimum atomic E-state index is -0.929. The molecule has 2 heterocycles. The van der Waals surface area contributed by atoms with E-state index >= 15 is 0 Å². The number of carbonyl (C=O) groups excluding carboxylic acids is 1. The van der Waals surface area contributed by atoms with Gasteiger partial charge in [0.15, 0.2) is 0 Å². The highest BCUT2D eigenvalue weighted by Crippen LogP contribution is 2.25. The smallest absolute Gasteiger partial charge is 0.326 e. The third-order valence-electron chi connectivity index (χ3n) is 4.79. The number of hydrogen-bond acceptors (Lipinski definition) is 4. The van der Waals surface area contributed by atoms with Crippen molar-refractivity contribution in [3.05, 3.63) is 58.3 Å². The third-order valence-corrected chi connectivity index (χ3v) is 5.47. The zero-order valence-electron chi connectivity index (χ0n) is 14.2. The Bertz CT molecular complexity index is 718. The average Bonchev–Trinajstić information content (AvgIpc) is 3.16. The van der Waals surface area contributed by atoms with Crippen LogP contribution in [0.2, 0.25) is 0 Å². The lowest BCUT2D eigenvalue weighted by Crippen LogP contribution is -2.54. The highest BCUT2D eigenvalue weighted by Gasteiger charge is 2.37. The first kappa shape index (κ1) is 17.6. The monoisotopic (exact) mass is 358 g/mol. The Kier molecular flexibility index (Phi) is 5.50. The van der Waals surface area contributed by atoms with Crippen molar-refractivity contribution in [1.82, 2.24) is 9.80 Å². The molecule has 6 heteroatoms. The first-order valence-electron chi connectivity index (χ1n) is 8.36. The number of likely N-dealkylation sites (tertiary alicyclic amines) is 1. The second-order valence-corrected chi connectivity index (χ2v) is 7.22. The number of rotatable bonds is 5. The standard InChI is InChI=1S/C19H22N2O3S/c1-20(12-14-5-3-2-4-6-14)16-7-9-21(17(11-16)19(23)24)18(22)15-8-10-25-13-15/h2-6,8,10,13,16-17H,7,9,11-12H2,1H3,(H,23,24). The Hall–Kier alpha value is -2.18. The molecule has 2 atom stereocenters. The Morgan fingerprint density at radius 2 is 2.04 bits per heavy atom. The van der Waals surface area contributed by atoms with Crippen LogP contribution >= 0.6 is 11.3 Å². The zero-order chi connectivity index (χ0) is 17.8. The minimum absolute atomic E-state index is 0.146. The van der Waals surface area contributed by atoms with Crippen molar-refractivity contribution in [3.63, 3.8) is 0 Å². The van der Waals surface area contributed by atoms with Crippen LogP contribution in [-0.4, -0.2) is 52.5 Å². The Morgan fingerprint density at radius 3 is 2.68 bits per heavy atom. The molecule has 0 radical (unpaired) electrons. The topological polar surface area (TPSA) is 60.9 Å². The van der Waals surface area contributed by atoms with Gasteiger partial charge >= 0.3 is 5.97 Å². The molecular formula is C19H22N2O3S. The summed E-state index contributed by atoms with van der Waals surface area (Å²) < 4.78 is 0. The largest absolute Gasteiger partial charge is 0.480 e. The van der Waals surface area contributed by atoms with Gasteiger partial charge in [0.2, 0.25) is 0 Å². The molecule has 3 rings (SSSR count). The van der Waals surface area contributed by atoms with E-state index < -0.39 is 12.0 Å². The van der Waals surface area contributed by atoms with Crippen LogP contribution in [0.15, 0.2) is 47.2 Å². The lowest BCUT2D eigenvalue weighted by atomic mass is 9.95. The number of amides is 1. The van der Waals surface area contributed by atoms with Crippen molar-refractivity contribution in [2.24, 2.45) is 0 Å². The molecule has 0 bridgehead atoms. The molecule has 132 valence electrons. The number of carboxylic acid groups (broad SMARTS) is 1. The molecule has 1 aliphatic rings. The van der Waals surface area contributed by atoms with Crippen molar-refractivity contribution in [2.75, 3.05) is 13.6 Å². The molecular weight excluding hydrogens is 336 g/mol. The molecule has 1 N–H and O–H groups in total. The van der Waals surface area contributed by atoms with Gasteiger partial charge in [0.05, 0.1) is 5.56 Å². The fourth-order valence-electron chi connectivity index (χ4n) is 3.38. The molecule has 0 spiro atoms. The van der Waals surface area contributed by atoms with Gasteiger partial charge in [-0.3, -0.25) is 9.69 Å². The highest BCUT2D eigenvalue weighted by atomic mass is 32.1. The Labute approximate surface area is 151 Å². The van der Waals surface area contributed by atoms with Crippen molar-refractivity contribution in [3.8, 4) is 0 Å². The van der Waals surface area contributed by atoms with Crippen LogP contribution in [0.25, 0.3) is 0 Å². The number of aliphatic carboxylic acids is 1. The summed E-state index contributed by atoms with van der Waals surface area (Å²) in [5.74, 6) is -1.11. The summed E-state index contributed by atoms with van der Waals surface area (Å²) in [5, 5.41) is 13.2. The Morgan fingerprint density at radius 1 is 1.28 bits per heavy atom. The van der Waals surface area contributed by atoms with E-state index in [1.165, 1.54) is 21.8 Å². The quantitative estimate of drug-likeness (QED) is 0.893. The molecule has 5 nitrogen and oxygen atoms in total. The zero-order valence-corrected chi connectivity index (χ0v) is 15.0. The molecule has 1 aromatic carbocycles. The van der Waals surface area contributed by atoms with E-state index in [1.54, 1.807) is 11.4 Å². The molecule has 1 saturated heterocycles. The van der Waals surface area contributed by atoms with Gasteiger partial charge in [-0.05, 0) is 36.9 Å². The maximum atomic E-state index is 12.6. The van der Waals surface area contributed by atoms with Crippen LogP contribution in [0, 0.1) is 0 Å². The van der Waals surface area contributed by atoms with Crippen LogP contribution < -0.4 is 0 Å². The summed E-state index contributed by atoms with van der Waals surface area (Å²) in [6, 6.07) is 11.3. The Balaban J connectivity index is 1.68. The van der Waals surface area contributed by atoms with Crippen molar-refractivity contribution < 1.29 is 14.7 Å². The summed E-state index contributed by atoms with van der Waals surface area (Å²) in [6.07, 6.45) is 1.23. The lowest BCUT2D eigenvalue weighted by Gasteiger charge is -2.40. The second kappa shape index (κ2) is 7.80. The predicted octanol–water partition coefficient (Wildman–Crippen LogP) is 2.94. The normalized spacial score (nSPS) is 20.6. The summed E-state index contributed by atoms with van der Waals surface area (Å²) >= 11 is 1.45. The van der Waals surface area contributed by atoms with E-state index in [2.05, 4.69) is 17.0 Å². The van der Waals surface area contributed by atoms with Gasteiger partial charge in [0, 0.05) is 24.5 Å². The first-order chi connectivity index (χ1) is 12.1. The van der Waals surface area contributed by atoms with E-state index in [1.807, 2.05) is 30.6 Å². The third kappa shape index (κ3) is 4.08. The van der Waals surface area contributed by atoms with Gasteiger partial charge in [-0.1, -0.05) is 30.3 Å². The molecule has 0 saturated carbocycles. The molecule has 1 aromatic heterocycles. The van der Waals surface area contributed by atoms with Gasteiger partial charge in [-0.2, -0.15) is 11.3 Å².